The number of nitrogens with one attached hydrogen (secondary N) is 1. The topological polar surface area (TPSA) is 91.1 Å². The van der Waals surface area contributed by atoms with E-state index in [9.17, 15) is 9.90 Å². The van der Waals surface area contributed by atoms with Gasteiger partial charge in [-0.1, -0.05) is 12.1 Å². The number of nitrogens with zero attached hydrogens (tertiary/aromatic N) is 2. The van der Waals surface area contributed by atoms with Gasteiger partial charge in [-0.15, -0.1) is 0 Å². The van der Waals surface area contributed by atoms with Crippen LogP contribution in [-0.2, 0) is 4.79 Å². The summed E-state index contributed by atoms with van der Waals surface area (Å²) in [6.45, 7) is 1.77. The van der Waals surface area contributed by atoms with Gasteiger partial charge in [-0.05, 0) is 37.5 Å². The van der Waals surface area contributed by atoms with E-state index in [2.05, 4.69) is 15.3 Å². The lowest BCUT2D eigenvalue weighted by Gasteiger charge is -2.19. The van der Waals surface area contributed by atoms with Crippen LogP contribution in [0.1, 0.15) is 12.2 Å². The fraction of sp³-hybridized carbons (Fsp3) is 0.312. The Morgan fingerprint density at radius 1 is 1.39 bits per heavy atom. The van der Waals surface area contributed by atoms with Crippen molar-refractivity contribution in [3.63, 3.8) is 0 Å². The summed E-state index contributed by atoms with van der Waals surface area (Å²) >= 11 is 1.58. The van der Waals surface area contributed by atoms with E-state index < -0.39 is 12.0 Å². The van der Waals surface area contributed by atoms with E-state index in [0.717, 1.165) is 5.39 Å². The van der Waals surface area contributed by atoms with Crippen LogP contribution in [0.25, 0.3) is 22.1 Å². The van der Waals surface area contributed by atoms with Crippen LogP contribution in [0.4, 0.5) is 5.82 Å². The van der Waals surface area contributed by atoms with Gasteiger partial charge in [0.2, 0.25) is 0 Å². The highest BCUT2D eigenvalue weighted by atomic mass is 32.2. The molecule has 1 aromatic carbocycles. The maximum atomic E-state index is 11.3. The number of carbonyl (C=O) groups excluding carboxylic acids is 1. The largest absolute Gasteiger partial charge is 0.548 e. The number of carbonyl (C=O) groups is 1. The zero-order valence-electron chi connectivity index (χ0n) is 12.8. The Morgan fingerprint density at radius 3 is 2.91 bits per heavy atom. The van der Waals surface area contributed by atoms with Gasteiger partial charge in [-0.3, -0.25) is 0 Å². The molecule has 0 radical (unpaired) electrons. The van der Waals surface area contributed by atoms with Gasteiger partial charge >= 0.3 is 0 Å². The maximum absolute atomic E-state index is 11.3. The molecule has 0 spiro atoms. The van der Waals surface area contributed by atoms with Crippen molar-refractivity contribution in [1.82, 2.24) is 9.97 Å². The quantitative estimate of drug-likeness (QED) is 0.739. The Bertz CT molecular complexity index is 862. The molecule has 0 bridgehead atoms. The summed E-state index contributed by atoms with van der Waals surface area (Å²) in [6.07, 6.45) is 2.37. The molecule has 1 atom stereocenters. The average molecular weight is 330 g/mol. The molecule has 0 saturated carbocycles. The van der Waals surface area contributed by atoms with Crippen LogP contribution in [0.5, 0.6) is 0 Å². The number of hydrogen-bond donors (Lipinski definition) is 1. The van der Waals surface area contributed by atoms with Crippen molar-refractivity contribution in [1.29, 1.82) is 0 Å². The van der Waals surface area contributed by atoms with Crippen molar-refractivity contribution in [2.75, 3.05) is 17.3 Å². The van der Waals surface area contributed by atoms with Crippen molar-refractivity contribution in [3.05, 3.63) is 30.1 Å². The Kier molecular flexibility index (Phi) is 4.38. The smallest absolute Gasteiger partial charge is 0.196 e. The van der Waals surface area contributed by atoms with Crippen LogP contribution in [0.2, 0.25) is 0 Å². The van der Waals surface area contributed by atoms with Crippen molar-refractivity contribution < 1.29 is 14.3 Å². The van der Waals surface area contributed by atoms with Crippen LogP contribution in [0, 0.1) is 6.92 Å². The first-order valence-corrected chi connectivity index (χ1v) is 8.61. The van der Waals surface area contributed by atoms with Crippen LogP contribution < -0.4 is 10.4 Å². The zero-order valence-corrected chi connectivity index (χ0v) is 13.6. The van der Waals surface area contributed by atoms with Gasteiger partial charge in [0, 0.05) is 5.39 Å². The summed E-state index contributed by atoms with van der Waals surface area (Å²) in [5, 5.41) is 15.2. The summed E-state index contributed by atoms with van der Waals surface area (Å²) in [5.74, 6) is 0.492. The summed E-state index contributed by atoms with van der Waals surface area (Å²) in [4.78, 5) is 20.1. The first kappa shape index (κ1) is 15.6. The zero-order chi connectivity index (χ0) is 16.4. The Hall–Kier alpha value is -2.28. The number of thioether (sulfide) groups is 1. The third kappa shape index (κ3) is 3.10. The van der Waals surface area contributed by atoms with Gasteiger partial charge in [-0.25, -0.2) is 9.97 Å². The maximum Gasteiger partial charge on any atom is 0.196 e. The number of carboxylic acid groups (broad SMARTS) is 1. The molecule has 3 aromatic rings. The SMILES string of the molecule is CSCC[C@H](Nc1nc(C)nc2c1oc1ccccc12)C(=O)[O-]. The van der Waals surface area contributed by atoms with Crippen LogP contribution in [0.3, 0.4) is 0 Å². The molecule has 0 amide bonds. The fourth-order valence-corrected chi connectivity index (χ4v) is 2.92. The normalized spacial score (nSPS) is 12.6. The number of aryl methyl sites for hydroxylation is 1. The Labute approximate surface area is 137 Å². The van der Waals surface area contributed by atoms with Gasteiger partial charge in [-0.2, -0.15) is 11.8 Å². The molecule has 120 valence electrons. The van der Waals surface area contributed by atoms with Gasteiger partial charge in [0.15, 0.2) is 11.4 Å². The molecule has 0 saturated heterocycles. The minimum Gasteiger partial charge on any atom is -0.548 e. The molecule has 2 heterocycles. The number of benzene rings is 1. The number of aliphatic carboxylic acids is 1. The number of aromatic nitrogens is 2. The molecule has 6 nitrogen and oxygen atoms in total. The van der Waals surface area contributed by atoms with E-state index in [0.29, 0.717) is 40.5 Å². The number of rotatable bonds is 6. The predicted molar refractivity (Wildman–Crippen MR) is 89.5 cm³/mol. The average Bonchev–Trinajstić information content (AvgIpc) is 2.90. The molecular weight excluding hydrogens is 314 g/mol. The lowest BCUT2D eigenvalue weighted by molar-refractivity contribution is -0.306. The van der Waals surface area contributed by atoms with E-state index in [1.54, 1.807) is 18.7 Å². The first-order valence-electron chi connectivity index (χ1n) is 7.22. The Balaban J connectivity index is 2.07. The number of hydrogen-bond acceptors (Lipinski definition) is 7. The number of anilines is 1. The predicted octanol–water partition coefficient (Wildman–Crippen LogP) is 1.97. The van der Waals surface area contributed by atoms with E-state index in [-0.39, 0.29) is 0 Å². The van der Waals surface area contributed by atoms with Gasteiger partial charge in [0.05, 0.1) is 12.0 Å². The van der Waals surface area contributed by atoms with Gasteiger partial charge in [0.25, 0.3) is 0 Å². The van der Waals surface area contributed by atoms with Crippen LogP contribution >= 0.6 is 11.8 Å². The molecule has 2 aromatic heterocycles. The summed E-state index contributed by atoms with van der Waals surface area (Å²) in [5.41, 5.74) is 1.84. The molecule has 0 unspecified atom stereocenters. The van der Waals surface area contributed by atoms with E-state index in [1.165, 1.54) is 0 Å². The van der Waals surface area contributed by atoms with Crippen molar-refractivity contribution in [2.45, 2.75) is 19.4 Å². The lowest BCUT2D eigenvalue weighted by atomic mass is 10.2. The molecular formula is C16H16N3O3S-. The van der Waals surface area contributed by atoms with Crippen LogP contribution in [0.15, 0.2) is 28.7 Å². The minimum absolute atomic E-state index is 0.388. The number of fused-ring (bicyclic) bond motifs is 3. The first-order chi connectivity index (χ1) is 11.1. The number of para-hydroxylation sites is 1. The van der Waals surface area contributed by atoms with Crippen molar-refractivity contribution in [2.24, 2.45) is 0 Å². The highest BCUT2D eigenvalue weighted by Gasteiger charge is 2.18. The van der Waals surface area contributed by atoms with Gasteiger partial charge < -0.3 is 19.6 Å². The summed E-state index contributed by atoms with van der Waals surface area (Å²) < 4.78 is 5.82. The van der Waals surface area contributed by atoms with Gasteiger partial charge in [0.1, 0.15) is 16.9 Å². The van der Waals surface area contributed by atoms with E-state index in [1.807, 2.05) is 30.5 Å². The summed E-state index contributed by atoms with van der Waals surface area (Å²) in [6, 6.07) is 6.72. The highest BCUT2D eigenvalue weighted by Crippen LogP contribution is 2.31. The van der Waals surface area contributed by atoms with E-state index in [4.69, 9.17) is 4.42 Å². The molecule has 0 fully saturated rings. The number of furan rings is 1. The van der Waals surface area contributed by atoms with Crippen molar-refractivity contribution >= 4 is 45.6 Å². The molecule has 0 aliphatic heterocycles. The molecule has 7 heteroatoms. The van der Waals surface area contributed by atoms with Crippen molar-refractivity contribution in [3.8, 4) is 0 Å². The Morgan fingerprint density at radius 2 is 2.17 bits per heavy atom. The molecule has 1 N–H and O–H groups in total. The highest BCUT2D eigenvalue weighted by molar-refractivity contribution is 7.98. The molecule has 0 aliphatic carbocycles. The van der Waals surface area contributed by atoms with E-state index >= 15 is 0 Å². The molecule has 23 heavy (non-hydrogen) atoms. The second-order valence-corrected chi connectivity index (χ2v) is 6.18. The second kappa shape index (κ2) is 6.45. The number of carboxylic acids is 1. The third-order valence-electron chi connectivity index (χ3n) is 3.54. The third-order valence-corrected chi connectivity index (χ3v) is 4.18. The molecule has 0 aliphatic rings. The second-order valence-electron chi connectivity index (χ2n) is 5.19. The minimum atomic E-state index is -1.15. The standard InChI is InChI=1S/C16H17N3O3S/c1-9-17-13-10-5-3-4-6-12(10)22-14(13)15(18-9)19-11(16(20)21)7-8-23-2/h3-6,11H,7-8H2,1-2H3,(H,20,21)(H,17,18,19)/p-1/t11-/m0/s1. The van der Waals surface area contributed by atoms with Crippen LogP contribution in [-0.4, -0.2) is 34.0 Å². The fourth-order valence-electron chi connectivity index (χ4n) is 2.45. The lowest BCUT2D eigenvalue weighted by Crippen LogP contribution is -2.41. The summed E-state index contributed by atoms with van der Waals surface area (Å²) in [7, 11) is 0. The molecule has 3 rings (SSSR count). The monoisotopic (exact) mass is 330 g/mol.